The molecule has 3 nitrogen and oxygen atoms in total. The molecule has 1 N–H and O–H groups in total. The fraction of sp³-hybridized carbons (Fsp3) is 0.318. The quantitative estimate of drug-likeness (QED) is 0.770. The van der Waals surface area contributed by atoms with E-state index < -0.39 is 0 Å². The van der Waals surface area contributed by atoms with Gasteiger partial charge < -0.3 is 10.1 Å². The van der Waals surface area contributed by atoms with E-state index in [-0.39, 0.29) is 24.0 Å². The standard InChI is InChI=1S/C22H25NO2/c1-4-9-15(2)16(3)23-22(24)25-14-21-19-12-7-5-10-17(19)18-11-6-8-13-20(18)21/h4-13,15-16,21H,14H2,1-3H3,(H,23,24)/b9-4+/t15-,16+/m1/s1. The second-order valence-corrected chi connectivity index (χ2v) is 6.64. The predicted molar refractivity (Wildman–Crippen MR) is 102 cm³/mol. The molecule has 0 aliphatic heterocycles. The topological polar surface area (TPSA) is 38.3 Å². The molecule has 0 radical (unpaired) electrons. The summed E-state index contributed by atoms with van der Waals surface area (Å²) in [4.78, 5) is 12.2. The zero-order valence-electron chi connectivity index (χ0n) is 15.0. The molecule has 2 aromatic carbocycles. The largest absolute Gasteiger partial charge is 0.449 e. The molecule has 25 heavy (non-hydrogen) atoms. The zero-order valence-corrected chi connectivity index (χ0v) is 15.0. The summed E-state index contributed by atoms with van der Waals surface area (Å²) in [6.07, 6.45) is 3.72. The monoisotopic (exact) mass is 335 g/mol. The number of carbonyl (C=O) groups excluding carboxylic acids is 1. The Morgan fingerprint density at radius 3 is 2.20 bits per heavy atom. The Balaban J connectivity index is 1.68. The number of carbonyl (C=O) groups is 1. The van der Waals surface area contributed by atoms with Gasteiger partial charge >= 0.3 is 6.09 Å². The van der Waals surface area contributed by atoms with Crippen LogP contribution in [0.15, 0.2) is 60.7 Å². The molecule has 1 aliphatic rings. The number of fused-ring (bicyclic) bond motifs is 3. The minimum Gasteiger partial charge on any atom is -0.449 e. The normalized spacial score (nSPS) is 15.5. The maximum Gasteiger partial charge on any atom is 0.407 e. The number of hydrogen-bond donors (Lipinski definition) is 1. The lowest BCUT2D eigenvalue weighted by atomic mass is 9.98. The number of amides is 1. The van der Waals surface area contributed by atoms with Gasteiger partial charge in [0.05, 0.1) is 0 Å². The van der Waals surface area contributed by atoms with Gasteiger partial charge in [-0.2, -0.15) is 0 Å². The molecule has 0 heterocycles. The van der Waals surface area contributed by atoms with Gasteiger partial charge in [-0.15, -0.1) is 0 Å². The van der Waals surface area contributed by atoms with Gasteiger partial charge in [-0.3, -0.25) is 0 Å². The zero-order chi connectivity index (χ0) is 17.8. The van der Waals surface area contributed by atoms with Crippen LogP contribution < -0.4 is 5.32 Å². The number of hydrogen-bond acceptors (Lipinski definition) is 2. The Hall–Kier alpha value is -2.55. The van der Waals surface area contributed by atoms with Gasteiger partial charge in [-0.1, -0.05) is 67.6 Å². The third-order valence-corrected chi connectivity index (χ3v) is 4.97. The van der Waals surface area contributed by atoms with Crippen molar-refractivity contribution in [1.29, 1.82) is 0 Å². The third kappa shape index (κ3) is 3.60. The molecular formula is C22H25NO2. The Morgan fingerprint density at radius 2 is 1.64 bits per heavy atom. The lowest BCUT2D eigenvalue weighted by Crippen LogP contribution is -2.37. The first-order chi connectivity index (χ1) is 12.1. The van der Waals surface area contributed by atoms with E-state index in [9.17, 15) is 4.79 Å². The van der Waals surface area contributed by atoms with Crippen LogP contribution in [0.4, 0.5) is 4.79 Å². The van der Waals surface area contributed by atoms with E-state index in [2.05, 4.69) is 54.7 Å². The van der Waals surface area contributed by atoms with Gasteiger partial charge in [0.1, 0.15) is 6.61 Å². The Morgan fingerprint density at radius 1 is 1.08 bits per heavy atom. The average Bonchev–Trinajstić information content (AvgIpc) is 2.94. The van der Waals surface area contributed by atoms with Crippen LogP contribution in [-0.2, 0) is 4.74 Å². The first-order valence-electron chi connectivity index (χ1n) is 8.86. The second kappa shape index (κ2) is 7.56. The van der Waals surface area contributed by atoms with Crippen LogP contribution in [-0.4, -0.2) is 18.7 Å². The predicted octanol–water partition coefficient (Wildman–Crippen LogP) is 5.13. The fourth-order valence-corrected chi connectivity index (χ4v) is 3.43. The van der Waals surface area contributed by atoms with Crippen molar-refractivity contribution < 1.29 is 9.53 Å². The SMILES string of the molecule is C/C=C/[C@@H](C)[C@H](C)NC(=O)OCC1c2ccccc2-c2ccccc21. The second-order valence-electron chi connectivity index (χ2n) is 6.64. The van der Waals surface area contributed by atoms with Gasteiger partial charge in [0.2, 0.25) is 0 Å². The smallest absolute Gasteiger partial charge is 0.407 e. The Bertz CT molecular complexity index is 736. The summed E-state index contributed by atoms with van der Waals surface area (Å²) < 4.78 is 5.56. The molecule has 1 amide bonds. The average molecular weight is 335 g/mol. The molecule has 0 aromatic heterocycles. The molecule has 3 heteroatoms. The molecule has 0 saturated carbocycles. The number of alkyl carbamates (subject to hydrolysis) is 1. The fourth-order valence-electron chi connectivity index (χ4n) is 3.43. The van der Waals surface area contributed by atoms with Crippen molar-refractivity contribution in [2.45, 2.75) is 32.7 Å². The van der Waals surface area contributed by atoms with E-state index in [0.29, 0.717) is 6.61 Å². The number of rotatable bonds is 5. The third-order valence-electron chi connectivity index (χ3n) is 4.97. The van der Waals surface area contributed by atoms with Crippen LogP contribution in [0.5, 0.6) is 0 Å². The van der Waals surface area contributed by atoms with Gasteiger partial charge in [0.25, 0.3) is 0 Å². The molecule has 0 saturated heterocycles. The number of ether oxygens (including phenoxy) is 1. The minimum absolute atomic E-state index is 0.0341. The Labute approximate surface area is 149 Å². The first kappa shape index (κ1) is 17.3. The molecule has 3 rings (SSSR count). The molecule has 1 aliphatic carbocycles. The van der Waals surface area contributed by atoms with Crippen LogP contribution in [0.1, 0.15) is 37.8 Å². The van der Waals surface area contributed by atoms with Crippen molar-refractivity contribution in [3.63, 3.8) is 0 Å². The summed E-state index contributed by atoms with van der Waals surface area (Å²) in [5, 5.41) is 2.92. The van der Waals surface area contributed by atoms with Crippen molar-refractivity contribution in [3.05, 3.63) is 71.8 Å². The highest BCUT2D eigenvalue weighted by Crippen LogP contribution is 2.44. The summed E-state index contributed by atoms with van der Waals surface area (Å²) in [6, 6.07) is 16.7. The van der Waals surface area contributed by atoms with Crippen LogP contribution in [0.25, 0.3) is 11.1 Å². The van der Waals surface area contributed by atoms with Crippen molar-refractivity contribution in [3.8, 4) is 11.1 Å². The van der Waals surface area contributed by atoms with E-state index in [1.807, 2.05) is 32.1 Å². The summed E-state index contributed by atoms with van der Waals surface area (Å²) in [7, 11) is 0. The summed E-state index contributed by atoms with van der Waals surface area (Å²) in [5.74, 6) is 0.367. The van der Waals surface area contributed by atoms with Crippen molar-refractivity contribution in [1.82, 2.24) is 5.32 Å². The van der Waals surface area contributed by atoms with E-state index in [0.717, 1.165) is 0 Å². The van der Waals surface area contributed by atoms with E-state index in [4.69, 9.17) is 4.74 Å². The van der Waals surface area contributed by atoms with Crippen molar-refractivity contribution in [2.75, 3.05) is 6.61 Å². The Kier molecular flexibility index (Phi) is 5.22. The number of allylic oxidation sites excluding steroid dienone is 1. The molecule has 0 fully saturated rings. The van der Waals surface area contributed by atoms with E-state index in [1.165, 1.54) is 22.3 Å². The first-order valence-corrected chi connectivity index (χ1v) is 8.86. The van der Waals surface area contributed by atoms with Crippen molar-refractivity contribution >= 4 is 6.09 Å². The van der Waals surface area contributed by atoms with Crippen LogP contribution in [0.3, 0.4) is 0 Å². The summed E-state index contributed by atoms with van der Waals surface area (Å²) in [6.45, 7) is 6.40. The molecule has 2 atom stereocenters. The van der Waals surface area contributed by atoms with Crippen LogP contribution >= 0.6 is 0 Å². The highest BCUT2D eigenvalue weighted by atomic mass is 16.5. The maximum absolute atomic E-state index is 12.2. The molecule has 0 spiro atoms. The van der Waals surface area contributed by atoms with E-state index >= 15 is 0 Å². The van der Waals surface area contributed by atoms with Gasteiger partial charge in [-0.05, 0) is 42.0 Å². The van der Waals surface area contributed by atoms with Gasteiger partial charge in [0, 0.05) is 12.0 Å². The van der Waals surface area contributed by atoms with Gasteiger partial charge in [0.15, 0.2) is 0 Å². The highest BCUT2D eigenvalue weighted by Gasteiger charge is 2.29. The minimum atomic E-state index is -0.356. The molecule has 130 valence electrons. The number of nitrogens with one attached hydrogen (secondary N) is 1. The lowest BCUT2D eigenvalue weighted by molar-refractivity contribution is 0.138. The van der Waals surface area contributed by atoms with E-state index in [1.54, 1.807) is 0 Å². The summed E-state index contributed by atoms with van der Waals surface area (Å²) >= 11 is 0. The molecular weight excluding hydrogens is 310 g/mol. The molecule has 0 unspecified atom stereocenters. The molecule has 0 bridgehead atoms. The summed E-state index contributed by atoms with van der Waals surface area (Å²) in [5.41, 5.74) is 4.93. The molecule has 2 aromatic rings. The van der Waals surface area contributed by atoms with Crippen LogP contribution in [0.2, 0.25) is 0 Å². The highest BCUT2D eigenvalue weighted by molar-refractivity contribution is 5.79. The van der Waals surface area contributed by atoms with Crippen LogP contribution in [0, 0.1) is 5.92 Å². The lowest BCUT2D eigenvalue weighted by Gasteiger charge is -2.19. The van der Waals surface area contributed by atoms with Crippen molar-refractivity contribution in [2.24, 2.45) is 5.92 Å². The van der Waals surface area contributed by atoms with Gasteiger partial charge in [-0.25, -0.2) is 4.79 Å². The number of benzene rings is 2. The maximum atomic E-state index is 12.2.